The Balaban J connectivity index is 1.90. The molecule has 2 rings (SSSR count). The highest BCUT2D eigenvalue weighted by atomic mass is 16.5. The molecule has 2 aromatic carbocycles. The van der Waals surface area contributed by atoms with Crippen LogP contribution in [0.15, 0.2) is 36.4 Å². The normalized spacial score (nSPS) is 10.4. The van der Waals surface area contributed by atoms with Crippen LogP contribution in [0.4, 0.5) is 0 Å². The molecule has 0 aromatic heterocycles. The minimum absolute atomic E-state index is 0.450. The van der Waals surface area contributed by atoms with Gasteiger partial charge in [0.25, 0.3) is 0 Å². The van der Waals surface area contributed by atoms with Crippen LogP contribution in [0.25, 0.3) is 0 Å². The van der Waals surface area contributed by atoms with Crippen LogP contribution in [0.2, 0.25) is 0 Å². The third-order valence-corrected chi connectivity index (χ3v) is 3.41. The zero-order valence-corrected chi connectivity index (χ0v) is 13.4. The molecule has 2 N–H and O–H groups in total. The molecule has 118 valence electrons. The maximum Gasteiger partial charge on any atom is 0.161 e. The molecule has 0 aliphatic carbocycles. The highest BCUT2D eigenvalue weighted by Crippen LogP contribution is 2.28. The Hall–Kier alpha value is -2.20. The van der Waals surface area contributed by atoms with E-state index >= 15 is 0 Å². The Bertz CT molecular complexity index is 626. The van der Waals surface area contributed by atoms with Crippen molar-refractivity contribution in [2.45, 2.75) is 20.4 Å². The van der Waals surface area contributed by atoms with Gasteiger partial charge in [0.1, 0.15) is 19.0 Å². The Kier molecular flexibility index (Phi) is 5.67. The van der Waals surface area contributed by atoms with Crippen molar-refractivity contribution in [3.05, 3.63) is 53.1 Å². The van der Waals surface area contributed by atoms with E-state index in [9.17, 15) is 0 Å². The summed E-state index contributed by atoms with van der Waals surface area (Å²) in [5.41, 5.74) is 8.93. The average molecular weight is 301 g/mol. The summed E-state index contributed by atoms with van der Waals surface area (Å²) in [4.78, 5) is 0. The molecule has 0 bridgehead atoms. The maximum atomic E-state index is 5.77. The second-order valence-corrected chi connectivity index (χ2v) is 5.16. The van der Waals surface area contributed by atoms with E-state index in [0.29, 0.717) is 31.3 Å². The minimum Gasteiger partial charge on any atom is -0.493 e. The summed E-state index contributed by atoms with van der Waals surface area (Å²) in [7, 11) is 1.62. The van der Waals surface area contributed by atoms with E-state index in [-0.39, 0.29) is 0 Å². The summed E-state index contributed by atoms with van der Waals surface area (Å²) in [6.45, 7) is 5.49. The van der Waals surface area contributed by atoms with Gasteiger partial charge in [-0.3, -0.25) is 0 Å². The first kappa shape index (κ1) is 16.2. The molecule has 0 aliphatic heterocycles. The van der Waals surface area contributed by atoms with E-state index < -0.39 is 0 Å². The van der Waals surface area contributed by atoms with Gasteiger partial charge in [-0.2, -0.15) is 0 Å². The lowest BCUT2D eigenvalue weighted by molar-refractivity contribution is 0.210. The van der Waals surface area contributed by atoms with Crippen LogP contribution in [0, 0.1) is 13.8 Å². The van der Waals surface area contributed by atoms with Gasteiger partial charge in [0.15, 0.2) is 11.5 Å². The Morgan fingerprint density at radius 2 is 1.59 bits per heavy atom. The van der Waals surface area contributed by atoms with Crippen LogP contribution in [0.1, 0.15) is 16.7 Å². The second-order valence-electron chi connectivity index (χ2n) is 5.16. The highest BCUT2D eigenvalue weighted by Gasteiger charge is 2.06. The summed E-state index contributed by atoms with van der Waals surface area (Å²) < 4.78 is 16.8. The van der Waals surface area contributed by atoms with Gasteiger partial charge in [0, 0.05) is 6.54 Å². The van der Waals surface area contributed by atoms with Crippen LogP contribution in [0.5, 0.6) is 17.2 Å². The predicted octanol–water partition coefficient (Wildman–Crippen LogP) is 3.23. The summed E-state index contributed by atoms with van der Waals surface area (Å²) in [5.74, 6) is 2.29. The van der Waals surface area contributed by atoms with E-state index in [1.54, 1.807) is 7.11 Å². The SMILES string of the molecule is COc1cc(CN)ccc1OCCOc1cc(C)ccc1C. The van der Waals surface area contributed by atoms with Gasteiger partial charge in [0.05, 0.1) is 7.11 Å². The van der Waals surface area contributed by atoms with Gasteiger partial charge >= 0.3 is 0 Å². The first-order chi connectivity index (χ1) is 10.6. The van der Waals surface area contributed by atoms with Crippen LogP contribution in [-0.2, 0) is 6.54 Å². The fourth-order valence-corrected chi connectivity index (χ4v) is 2.12. The fraction of sp³-hybridized carbons (Fsp3) is 0.333. The quantitative estimate of drug-likeness (QED) is 0.798. The molecule has 0 heterocycles. The number of hydrogen-bond acceptors (Lipinski definition) is 4. The van der Waals surface area contributed by atoms with E-state index in [0.717, 1.165) is 16.9 Å². The summed E-state index contributed by atoms with van der Waals surface area (Å²) in [5, 5.41) is 0. The third kappa shape index (κ3) is 4.15. The maximum absolute atomic E-state index is 5.77. The topological polar surface area (TPSA) is 53.7 Å². The third-order valence-electron chi connectivity index (χ3n) is 3.41. The van der Waals surface area contributed by atoms with Gasteiger partial charge < -0.3 is 19.9 Å². The number of aryl methyl sites for hydroxylation is 2. The molecule has 0 radical (unpaired) electrons. The van der Waals surface area contributed by atoms with Crippen LogP contribution < -0.4 is 19.9 Å². The largest absolute Gasteiger partial charge is 0.493 e. The molecule has 0 fully saturated rings. The van der Waals surface area contributed by atoms with Gasteiger partial charge in [-0.05, 0) is 48.7 Å². The summed E-state index contributed by atoms with van der Waals surface area (Å²) in [6, 6.07) is 11.9. The van der Waals surface area contributed by atoms with Crippen LogP contribution >= 0.6 is 0 Å². The van der Waals surface area contributed by atoms with Crippen molar-refractivity contribution in [2.75, 3.05) is 20.3 Å². The molecule has 22 heavy (non-hydrogen) atoms. The predicted molar refractivity (Wildman–Crippen MR) is 87.8 cm³/mol. The molecule has 0 aliphatic rings. The van der Waals surface area contributed by atoms with Crippen molar-refractivity contribution in [2.24, 2.45) is 5.73 Å². The highest BCUT2D eigenvalue weighted by molar-refractivity contribution is 5.43. The summed E-state index contributed by atoms with van der Waals surface area (Å²) >= 11 is 0. The van der Waals surface area contributed by atoms with Crippen molar-refractivity contribution in [3.63, 3.8) is 0 Å². The lowest BCUT2D eigenvalue weighted by atomic mass is 10.1. The molecule has 0 saturated heterocycles. The molecule has 4 heteroatoms. The van der Waals surface area contributed by atoms with Crippen LogP contribution in [0.3, 0.4) is 0 Å². The molecule has 0 saturated carbocycles. The molecule has 0 spiro atoms. The standard InChI is InChI=1S/C18H23NO3/c1-13-4-5-14(2)17(10-13)22-9-8-21-16-7-6-15(12-19)11-18(16)20-3/h4-7,10-11H,8-9,12,19H2,1-3H3. The average Bonchev–Trinajstić information content (AvgIpc) is 2.54. The van der Waals surface area contributed by atoms with Crippen LogP contribution in [-0.4, -0.2) is 20.3 Å². The smallest absolute Gasteiger partial charge is 0.161 e. The van der Waals surface area contributed by atoms with Gasteiger partial charge in [-0.1, -0.05) is 18.2 Å². The van der Waals surface area contributed by atoms with Crippen molar-refractivity contribution in [1.29, 1.82) is 0 Å². The summed E-state index contributed by atoms with van der Waals surface area (Å²) in [6.07, 6.45) is 0. The molecular weight excluding hydrogens is 278 g/mol. The van der Waals surface area contributed by atoms with Crippen molar-refractivity contribution >= 4 is 0 Å². The zero-order chi connectivity index (χ0) is 15.9. The number of rotatable bonds is 7. The van der Waals surface area contributed by atoms with Gasteiger partial charge in [-0.25, -0.2) is 0 Å². The fourth-order valence-electron chi connectivity index (χ4n) is 2.12. The number of benzene rings is 2. The molecule has 2 aromatic rings. The van der Waals surface area contributed by atoms with E-state index in [2.05, 4.69) is 12.1 Å². The molecule has 4 nitrogen and oxygen atoms in total. The number of methoxy groups -OCH3 is 1. The molecule has 0 amide bonds. The lowest BCUT2D eigenvalue weighted by Gasteiger charge is -2.13. The molecule has 0 unspecified atom stereocenters. The van der Waals surface area contributed by atoms with E-state index in [1.165, 1.54) is 5.56 Å². The lowest BCUT2D eigenvalue weighted by Crippen LogP contribution is -2.10. The zero-order valence-electron chi connectivity index (χ0n) is 13.4. The Morgan fingerprint density at radius 3 is 2.27 bits per heavy atom. The van der Waals surface area contributed by atoms with E-state index in [4.69, 9.17) is 19.9 Å². The number of nitrogens with two attached hydrogens (primary N) is 1. The van der Waals surface area contributed by atoms with E-state index in [1.807, 2.05) is 38.1 Å². The molecule has 0 atom stereocenters. The minimum atomic E-state index is 0.450. The number of ether oxygens (including phenoxy) is 3. The van der Waals surface area contributed by atoms with Gasteiger partial charge in [0.2, 0.25) is 0 Å². The monoisotopic (exact) mass is 301 g/mol. The van der Waals surface area contributed by atoms with Gasteiger partial charge in [-0.15, -0.1) is 0 Å². The van der Waals surface area contributed by atoms with Crippen molar-refractivity contribution in [1.82, 2.24) is 0 Å². The van der Waals surface area contributed by atoms with Crippen molar-refractivity contribution < 1.29 is 14.2 Å². The molecular formula is C18H23NO3. The Labute approximate surface area is 131 Å². The van der Waals surface area contributed by atoms with Crippen molar-refractivity contribution in [3.8, 4) is 17.2 Å². The number of hydrogen-bond donors (Lipinski definition) is 1. The second kappa shape index (κ2) is 7.71. The first-order valence-corrected chi connectivity index (χ1v) is 7.34. The Morgan fingerprint density at radius 1 is 0.864 bits per heavy atom. The first-order valence-electron chi connectivity index (χ1n) is 7.34.